The van der Waals surface area contributed by atoms with E-state index in [-0.39, 0.29) is 18.8 Å². The molecule has 0 fully saturated rings. The SMILES string of the molecule is COC(=O)CNCc1cc(O)ccc1F. The number of phenols is 1. The maximum atomic E-state index is 13.1. The third kappa shape index (κ3) is 3.55. The highest BCUT2D eigenvalue weighted by Gasteiger charge is 2.04. The van der Waals surface area contributed by atoms with Crippen LogP contribution in [0.25, 0.3) is 0 Å². The molecule has 0 aromatic heterocycles. The molecule has 0 aliphatic rings. The second-order valence-electron chi connectivity index (χ2n) is 2.96. The average molecular weight is 213 g/mol. The Bertz CT molecular complexity index is 355. The lowest BCUT2D eigenvalue weighted by molar-refractivity contribution is -0.139. The number of carbonyl (C=O) groups excluding carboxylic acids is 1. The van der Waals surface area contributed by atoms with E-state index in [0.29, 0.717) is 5.56 Å². The van der Waals surface area contributed by atoms with Crippen LogP contribution in [0.15, 0.2) is 18.2 Å². The van der Waals surface area contributed by atoms with Gasteiger partial charge in [0.25, 0.3) is 0 Å². The van der Waals surface area contributed by atoms with E-state index in [9.17, 15) is 9.18 Å². The molecular weight excluding hydrogens is 201 g/mol. The number of carbonyl (C=O) groups is 1. The lowest BCUT2D eigenvalue weighted by atomic mass is 10.2. The fourth-order valence-electron chi connectivity index (χ4n) is 1.07. The zero-order valence-electron chi connectivity index (χ0n) is 8.29. The van der Waals surface area contributed by atoms with Crippen molar-refractivity contribution in [1.82, 2.24) is 5.32 Å². The Morgan fingerprint density at radius 2 is 2.33 bits per heavy atom. The Morgan fingerprint density at radius 1 is 1.60 bits per heavy atom. The van der Waals surface area contributed by atoms with E-state index in [1.165, 1.54) is 25.3 Å². The second kappa shape index (κ2) is 5.31. The monoisotopic (exact) mass is 213 g/mol. The summed E-state index contributed by atoms with van der Waals surface area (Å²) in [5.41, 5.74) is 0.305. The molecule has 1 aromatic rings. The van der Waals surface area contributed by atoms with Crippen molar-refractivity contribution in [2.45, 2.75) is 6.54 Å². The third-order valence-corrected chi connectivity index (χ3v) is 1.84. The Hall–Kier alpha value is -1.62. The van der Waals surface area contributed by atoms with Crippen LogP contribution in [0.5, 0.6) is 5.75 Å². The molecule has 0 saturated heterocycles. The van der Waals surface area contributed by atoms with E-state index in [1.54, 1.807) is 0 Å². The number of aromatic hydroxyl groups is 1. The number of esters is 1. The third-order valence-electron chi connectivity index (χ3n) is 1.84. The second-order valence-corrected chi connectivity index (χ2v) is 2.96. The fraction of sp³-hybridized carbons (Fsp3) is 0.300. The minimum absolute atomic E-state index is 0.00555. The molecule has 1 rings (SSSR count). The molecule has 1 aromatic carbocycles. The van der Waals surface area contributed by atoms with Crippen LogP contribution in [0.4, 0.5) is 4.39 Å². The molecule has 0 atom stereocenters. The Balaban J connectivity index is 2.50. The number of hydrogen-bond donors (Lipinski definition) is 2. The van der Waals surface area contributed by atoms with Crippen LogP contribution in [0.2, 0.25) is 0 Å². The zero-order chi connectivity index (χ0) is 11.3. The summed E-state index contributed by atoms with van der Waals surface area (Å²) in [6, 6.07) is 3.74. The Labute approximate surface area is 86.7 Å². The van der Waals surface area contributed by atoms with Gasteiger partial charge in [-0.05, 0) is 18.2 Å². The van der Waals surface area contributed by atoms with Gasteiger partial charge in [-0.3, -0.25) is 4.79 Å². The summed E-state index contributed by atoms with van der Waals surface area (Å²) >= 11 is 0. The van der Waals surface area contributed by atoms with Crippen molar-refractivity contribution in [2.75, 3.05) is 13.7 Å². The molecule has 4 nitrogen and oxygen atoms in total. The van der Waals surface area contributed by atoms with Crippen LogP contribution >= 0.6 is 0 Å². The predicted octanol–water partition coefficient (Wildman–Crippen LogP) is 0.794. The van der Waals surface area contributed by atoms with Crippen molar-refractivity contribution >= 4 is 5.97 Å². The summed E-state index contributed by atoms with van der Waals surface area (Å²) in [6.07, 6.45) is 0. The van der Waals surface area contributed by atoms with Crippen LogP contribution in [-0.2, 0) is 16.1 Å². The van der Waals surface area contributed by atoms with E-state index >= 15 is 0 Å². The van der Waals surface area contributed by atoms with E-state index in [4.69, 9.17) is 5.11 Å². The maximum absolute atomic E-state index is 13.1. The fourth-order valence-corrected chi connectivity index (χ4v) is 1.07. The van der Waals surface area contributed by atoms with Gasteiger partial charge >= 0.3 is 5.97 Å². The molecule has 0 heterocycles. The quantitative estimate of drug-likeness (QED) is 0.726. The first kappa shape index (κ1) is 11.5. The number of rotatable bonds is 4. The molecular formula is C10H12FNO3. The van der Waals surface area contributed by atoms with Crippen LogP contribution in [0.3, 0.4) is 0 Å². The molecule has 0 spiro atoms. The summed E-state index contributed by atoms with van der Waals surface area (Å²) in [6.45, 7) is 0.168. The number of methoxy groups -OCH3 is 1. The maximum Gasteiger partial charge on any atom is 0.319 e. The molecule has 0 bridgehead atoms. The van der Waals surface area contributed by atoms with Crippen LogP contribution in [0.1, 0.15) is 5.56 Å². The number of halogens is 1. The first-order chi connectivity index (χ1) is 7.13. The normalized spacial score (nSPS) is 10.0. The van der Waals surface area contributed by atoms with Gasteiger partial charge in [-0.15, -0.1) is 0 Å². The number of ether oxygens (including phenoxy) is 1. The van der Waals surface area contributed by atoms with Gasteiger partial charge in [0.2, 0.25) is 0 Å². The summed E-state index contributed by atoms with van der Waals surface area (Å²) in [7, 11) is 1.28. The highest BCUT2D eigenvalue weighted by atomic mass is 19.1. The van der Waals surface area contributed by atoms with E-state index in [2.05, 4.69) is 10.1 Å². The largest absolute Gasteiger partial charge is 0.508 e. The lowest BCUT2D eigenvalue weighted by Crippen LogP contribution is -2.23. The van der Waals surface area contributed by atoms with Crippen LogP contribution < -0.4 is 5.32 Å². The van der Waals surface area contributed by atoms with Gasteiger partial charge in [-0.1, -0.05) is 0 Å². The molecule has 0 radical (unpaired) electrons. The highest BCUT2D eigenvalue weighted by molar-refractivity contribution is 5.71. The van der Waals surface area contributed by atoms with Gasteiger partial charge in [-0.2, -0.15) is 0 Å². The molecule has 0 saturated carbocycles. The van der Waals surface area contributed by atoms with E-state index in [0.717, 1.165) is 0 Å². The van der Waals surface area contributed by atoms with E-state index in [1.807, 2.05) is 0 Å². The minimum Gasteiger partial charge on any atom is -0.508 e. The van der Waals surface area contributed by atoms with Crippen molar-refractivity contribution in [3.63, 3.8) is 0 Å². The standard InChI is InChI=1S/C10H12FNO3/c1-15-10(14)6-12-5-7-4-8(13)2-3-9(7)11/h2-4,12-13H,5-6H2,1H3. The first-order valence-corrected chi connectivity index (χ1v) is 4.38. The molecule has 2 N–H and O–H groups in total. The summed E-state index contributed by atoms with van der Waals surface area (Å²) in [5, 5.41) is 11.8. The zero-order valence-corrected chi connectivity index (χ0v) is 8.29. The van der Waals surface area contributed by atoms with Gasteiger partial charge in [0.15, 0.2) is 0 Å². The average Bonchev–Trinajstić information content (AvgIpc) is 2.23. The molecule has 15 heavy (non-hydrogen) atoms. The predicted molar refractivity (Wildman–Crippen MR) is 51.8 cm³/mol. The van der Waals surface area contributed by atoms with Crippen LogP contribution in [-0.4, -0.2) is 24.7 Å². The van der Waals surface area contributed by atoms with Crippen molar-refractivity contribution in [3.05, 3.63) is 29.6 Å². The van der Waals surface area contributed by atoms with Crippen LogP contribution in [0, 0.1) is 5.82 Å². The lowest BCUT2D eigenvalue weighted by Gasteiger charge is -2.05. The topological polar surface area (TPSA) is 58.6 Å². The number of phenolic OH excluding ortho intramolecular Hbond substituents is 1. The van der Waals surface area contributed by atoms with Crippen molar-refractivity contribution in [1.29, 1.82) is 0 Å². The van der Waals surface area contributed by atoms with Gasteiger partial charge in [-0.25, -0.2) is 4.39 Å². The van der Waals surface area contributed by atoms with Crippen molar-refractivity contribution < 1.29 is 19.0 Å². The first-order valence-electron chi connectivity index (χ1n) is 4.38. The Kier molecular flexibility index (Phi) is 4.05. The van der Waals surface area contributed by atoms with Gasteiger partial charge in [0.1, 0.15) is 11.6 Å². The molecule has 82 valence electrons. The smallest absolute Gasteiger partial charge is 0.319 e. The summed E-state index contributed by atoms with van der Waals surface area (Å²) in [5.74, 6) is -0.855. The summed E-state index contributed by atoms with van der Waals surface area (Å²) in [4.78, 5) is 10.7. The molecule has 0 aliphatic heterocycles. The number of benzene rings is 1. The number of nitrogens with one attached hydrogen (secondary N) is 1. The number of hydrogen-bond acceptors (Lipinski definition) is 4. The van der Waals surface area contributed by atoms with E-state index < -0.39 is 11.8 Å². The molecule has 0 amide bonds. The highest BCUT2D eigenvalue weighted by Crippen LogP contribution is 2.14. The van der Waals surface area contributed by atoms with Crippen molar-refractivity contribution in [2.24, 2.45) is 0 Å². The van der Waals surface area contributed by atoms with Crippen molar-refractivity contribution in [3.8, 4) is 5.75 Å². The van der Waals surface area contributed by atoms with Gasteiger partial charge in [0, 0.05) is 12.1 Å². The molecule has 0 unspecified atom stereocenters. The molecule has 5 heteroatoms. The summed E-state index contributed by atoms with van der Waals surface area (Å²) < 4.78 is 17.5. The molecule has 0 aliphatic carbocycles. The van der Waals surface area contributed by atoms with Gasteiger partial charge < -0.3 is 15.2 Å². The Morgan fingerprint density at radius 3 is 3.00 bits per heavy atom. The minimum atomic E-state index is -0.426. The van der Waals surface area contributed by atoms with Gasteiger partial charge in [0.05, 0.1) is 13.7 Å².